The van der Waals surface area contributed by atoms with Gasteiger partial charge in [0.1, 0.15) is 11.9 Å². The number of alkyl halides is 3. The molecule has 11 heteroatoms. The van der Waals surface area contributed by atoms with Crippen molar-refractivity contribution >= 4 is 17.7 Å². The van der Waals surface area contributed by atoms with Crippen LogP contribution in [0.15, 0.2) is 12.1 Å². The van der Waals surface area contributed by atoms with Gasteiger partial charge in [-0.1, -0.05) is 19.9 Å². The number of carbonyl (C=O) groups is 2. The number of ether oxygens (including phenoxy) is 1. The maximum Gasteiger partial charge on any atom is 0.394 e. The molecule has 0 radical (unpaired) electrons. The predicted octanol–water partition coefficient (Wildman–Crippen LogP) is 4.43. The third-order valence-corrected chi connectivity index (χ3v) is 6.70. The van der Waals surface area contributed by atoms with Gasteiger partial charge in [-0.15, -0.1) is 0 Å². The second-order valence-corrected chi connectivity index (χ2v) is 10.9. The van der Waals surface area contributed by atoms with E-state index in [0.717, 1.165) is 64.0 Å². The summed E-state index contributed by atoms with van der Waals surface area (Å²) in [6.07, 6.45) is -0.523. The Morgan fingerprint density at radius 2 is 1.92 bits per heavy atom. The van der Waals surface area contributed by atoms with Crippen molar-refractivity contribution in [1.29, 1.82) is 0 Å². The average Bonchev–Trinajstić information content (AvgIpc) is 2.82. The first-order valence-electron chi connectivity index (χ1n) is 13.4. The average molecular weight is 545 g/mol. The summed E-state index contributed by atoms with van der Waals surface area (Å²) < 4.78 is 45.0. The van der Waals surface area contributed by atoms with E-state index in [1.165, 1.54) is 5.56 Å². The molecule has 0 aliphatic carbocycles. The molecule has 1 aromatic heterocycles. The highest BCUT2D eigenvalue weighted by Gasteiger charge is 2.48. The Morgan fingerprint density at radius 1 is 1.18 bits per heavy atom. The molecule has 1 unspecified atom stereocenters. The van der Waals surface area contributed by atoms with Crippen LogP contribution in [0.5, 0.6) is 0 Å². The fraction of sp³-hybridized carbons (Fsp3) is 0.741. The number of aromatic nitrogens is 1. The third kappa shape index (κ3) is 10.8. The smallest absolute Gasteiger partial charge is 0.394 e. The zero-order chi connectivity index (χ0) is 28.3. The predicted molar refractivity (Wildman–Crippen MR) is 140 cm³/mol. The van der Waals surface area contributed by atoms with Crippen molar-refractivity contribution in [3.63, 3.8) is 0 Å². The number of unbranched alkanes of at least 4 members (excludes halogenated alkanes) is 1. The lowest BCUT2D eigenvalue weighted by molar-refractivity contribution is -0.213. The number of halogens is 3. The largest absolute Gasteiger partial charge is 0.480 e. The van der Waals surface area contributed by atoms with E-state index < -0.39 is 35.9 Å². The molecule has 2 rings (SSSR count). The Hall–Kier alpha value is -2.40. The van der Waals surface area contributed by atoms with Crippen molar-refractivity contribution in [1.82, 2.24) is 15.2 Å². The number of fused-ring (bicyclic) bond motifs is 1. The summed E-state index contributed by atoms with van der Waals surface area (Å²) >= 11 is 0. The number of amides is 1. The van der Waals surface area contributed by atoms with E-state index in [1.54, 1.807) is 0 Å². The van der Waals surface area contributed by atoms with Crippen LogP contribution >= 0.6 is 0 Å². The summed E-state index contributed by atoms with van der Waals surface area (Å²) in [6, 6.07) is 2.93. The fourth-order valence-corrected chi connectivity index (χ4v) is 4.22. The van der Waals surface area contributed by atoms with Crippen molar-refractivity contribution in [3.8, 4) is 0 Å². The summed E-state index contributed by atoms with van der Waals surface area (Å²) in [6.45, 7) is 8.78. The molecular formula is C27H43F3N4O4. The minimum absolute atomic E-state index is 0.0589. The molecule has 1 aliphatic heterocycles. The zero-order valence-corrected chi connectivity index (χ0v) is 23.0. The van der Waals surface area contributed by atoms with Crippen LogP contribution < -0.4 is 10.6 Å². The number of hydrogen-bond acceptors (Lipinski definition) is 6. The highest BCUT2D eigenvalue weighted by atomic mass is 19.4. The van der Waals surface area contributed by atoms with Crippen LogP contribution in [0, 0.1) is 5.41 Å². The summed E-state index contributed by atoms with van der Waals surface area (Å²) in [5, 5.41) is 15.2. The topological polar surface area (TPSA) is 104 Å². The Kier molecular flexibility index (Phi) is 12.3. The molecule has 0 bridgehead atoms. The minimum Gasteiger partial charge on any atom is -0.480 e. The van der Waals surface area contributed by atoms with Gasteiger partial charge in [0.25, 0.3) is 0 Å². The Balaban J connectivity index is 1.88. The van der Waals surface area contributed by atoms with Gasteiger partial charge in [-0.3, -0.25) is 4.79 Å². The van der Waals surface area contributed by atoms with Crippen molar-refractivity contribution in [2.24, 2.45) is 5.41 Å². The summed E-state index contributed by atoms with van der Waals surface area (Å²) in [7, 11) is 0. The number of nitrogens with zero attached hydrogens (tertiary/aromatic N) is 2. The molecule has 1 aromatic rings. The normalized spacial score (nSPS) is 14.8. The number of rotatable bonds is 16. The first-order chi connectivity index (χ1) is 17.8. The lowest BCUT2D eigenvalue weighted by Gasteiger charge is -2.28. The van der Waals surface area contributed by atoms with E-state index in [0.29, 0.717) is 26.2 Å². The number of nitrogens with one attached hydrogen (secondary N) is 2. The number of aliphatic carboxylic acids is 1. The SMILES string of the molecule is CC(C)OCCN(CCCCc1ccc2c(n1)NCCC2)CCC(NC(=O)CC(C)(C)C(F)(F)F)C(=O)O. The van der Waals surface area contributed by atoms with Crippen LogP contribution in [0.2, 0.25) is 0 Å². The van der Waals surface area contributed by atoms with E-state index >= 15 is 0 Å². The molecule has 3 N–H and O–H groups in total. The van der Waals surface area contributed by atoms with E-state index in [9.17, 15) is 27.9 Å². The van der Waals surface area contributed by atoms with E-state index in [1.807, 2.05) is 13.8 Å². The Bertz CT molecular complexity index is 909. The van der Waals surface area contributed by atoms with Gasteiger partial charge in [-0.2, -0.15) is 13.2 Å². The second-order valence-electron chi connectivity index (χ2n) is 10.9. The van der Waals surface area contributed by atoms with Crippen LogP contribution in [0.1, 0.15) is 71.1 Å². The highest BCUT2D eigenvalue weighted by Crippen LogP contribution is 2.40. The molecule has 2 heterocycles. The second kappa shape index (κ2) is 14.7. The fourth-order valence-electron chi connectivity index (χ4n) is 4.22. The van der Waals surface area contributed by atoms with E-state index in [-0.39, 0.29) is 12.5 Å². The van der Waals surface area contributed by atoms with Crippen LogP contribution in [0.25, 0.3) is 0 Å². The molecular weight excluding hydrogens is 501 g/mol. The van der Waals surface area contributed by atoms with Crippen LogP contribution in [-0.4, -0.2) is 78.0 Å². The molecule has 0 spiro atoms. The van der Waals surface area contributed by atoms with Gasteiger partial charge in [0.05, 0.1) is 18.1 Å². The standard InChI is InChI=1S/C27H43F3N4O4/c1-19(2)38-17-16-34(14-6-5-9-21-11-10-20-8-7-13-31-24(20)32-21)15-12-22(25(36)37)33-23(35)18-26(3,4)27(28,29)30/h10-11,19,22H,5-9,12-18H2,1-4H3,(H,31,32)(H,33,35)(H,36,37). The van der Waals surface area contributed by atoms with Crippen LogP contribution in [-0.2, 0) is 27.2 Å². The van der Waals surface area contributed by atoms with Crippen LogP contribution in [0.4, 0.5) is 19.0 Å². The lowest BCUT2D eigenvalue weighted by atomic mass is 9.88. The maximum absolute atomic E-state index is 13.1. The van der Waals surface area contributed by atoms with Gasteiger partial charge in [-0.25, -0.2) is 9.78 Å². The van der Waals surface area contributed by atoms with Gasteiger partial charge in [0.2, 0.25) is 5.91 Å². The highest BCUT2D eigenvalue weighted by molar-refractivity contribution is 5.83. The molecule has 1 atom stereocenters. The molecule has 1 amide bonds. The van der Waals surface area contributed by atoms with Crippen LogP contribution in [0.3, 0.4) is 0 Å². The van der Waals surface area contributed by atoms with Crippen molar-refractivity contribution in [3.05, 3.63) is 23.4 Å². The molecule has 216 valence electrons. The molecule has 38 heavy (non-hydrogen) atoms. The Labute approximate surface area is 223 Å². The number of aryl methyl sites for hydroxylation is 2. The molecule has 1 aliphatic rings. The van der Waals surface area contributed by atoms with E-state index in [4.69, 9.17) is 9.72 Å². The summed E-state index contributed by atoms with van der Waals surface area (Å²) in [5.41, 5.74) is 0.0326. The number of pyridine rings is 1. The Morgan fingerprint density at radius 3 is 2.58 bits per heavy atom. The number of carboxylic acids is 1. The monoisotopic (exact) mass is 544 g/mol. The van der Waals surface area contributed by atoms with Crippen molar-refractivity contribution in [2.75, 3.05) is 38.1 Å². The minimum atomic E-state index is -4.57. The quantitative estimate of drug-likeness (QED) is 0.265. The van der Waals surface area contributed by atoms with Gasteiger partial charge in [-0.05, 0) is 70.5 Å². The number of anilines is 1. The van der Waals surface area contributed by atoms with Gasteiger partial charge in [0.15, 0.2) is 0 Å². The molecule has 8 nitrogen and oxygen atoms in total. The molecule has 0 saturated heterocycles. The first-order valence-corrected chi connectivity index (χ1v) is 13.4. The third-order valence-electron chi connectivity index (χ3n) is 6.70. The number of hydrogen-bond donors (Lipinski definition) is 3. The number of carbonyl (C=O) groups excluding carboxylic acids is 1. The first kappa shape index (κ1) is 31.8. The van der Waals surface area contributed by atoms with Crippen molar-refractivity contribution < 1.29 is 32.6 Å². The summed E-state index contributed by atoms with van der Waals surface area (Å²) in [4.78, 5) is 30.8. The molecule has 0 fully saturated rings. The maximum atomic E-state index is 13.1. The number of carboxylic acid groups (broad SMARTS) is 1. The van der Waals surface area contributed by atoms with Crippen molar-refractivity contribution in [2.45, 2.75) is 91.0 Å². The zero-order valence-electron chi connectivity index (χ0n) is 23.0. The molecule has 0 saturated carbocycles. The van der Waals surface area contributed by atoms with E-state index in [2.05, 4.69) is 27.7 Å². The lowest BCUT2D eigenvalue weighted by Crippen LogP contribution is -2.46. The summed E-state index contributed by atoms with van der Waals surface area (Å²) in [5.74, 6) is -1.23. The molecule has 0 aromatic carbocycles. The van der Waals surface area contributed by atoms with Gasteiger partial charge in [0, 0.05) is 31.7 Å². The van der Waals surface area contributed by atoms with Gasteiger partial charge >= 0.3 is 12.1 Å². The van der Waals surface area contributed by atoms with Gasteiger partial charge < -0.3 is 25.4 Å².